The first-order chi connectivity index (χ1) is 5.77. The van der Waals surface area contributed by atoms with Crippen LogP contribution >= 0.6 is 0 Å². The van der Waals surface area contributed by atoms with Crippen molar-refractivity contribution in [3.05, 3.63) is 34.2 Å². The van der Waals surface area contributed by atoms with Crippen molar-refractivity contribution >= 4 is 0 Å². The Morgan fingerprint density at radius 2 is 2.33 bits per heavy atom. The Bertz CT molecular complexity index is 327. The number of hydrogen-bond donors (Lipinski definition) is 2. The molecular formula is C9H12N2O. The summed E-state index contributed by atoms with van der Waals surface area (Å²) in [6.07, 6.45) is 4.06. The van der Waals surface area contributed by atoms with Crippen LogP contribution in [0.25, 0.3) is 0 Å². The summed E-state index contributed by atoms with van der Waals surface area (Å²) in [5, 5.41) is 0. The Kier molecular flexibility index (Phi) is 1.73. The molecule has 1 aliphatic carbocycles. The van der Waals surface area contributed by atoms with Gasteiger partial charge in [0.1, 0.15) is 0 Å². The van der Waals surface area contributed by atoms with Crippen LogP contribution in [0.2, 0.25) is 0 Å². The second kappa shape index (κ2) is 2.75. The topological polar surface area (TPSA) is 58.9 Å². The zero-order valence-electron chi connectivity index (χ0n) is 6.79. The molecule has 0 aliphatic heterocycles. The summed E-state index contributed by atoms with van der Waals surface area (Å²) < 4.78 is 0. The molecule has 1 aromatic heterocycles. The minimum Gasteiger partial charge on any atom is -0.329 e. The van der Waals surface area contributed by atoms with Crippen LogP contribution in [0.4, 0.5) is 0 Å². The van der Waals surface area contributed by atoms with Gasteiger partial charge in [-0.2, -0.15) is 0 Å². The van der Waals surface area contributed by atoms with Crippen molar-refractivity contribution < 1.29 is 0 Å². The first kappa shape index (κ1) is 7.55. The fourth-order valence-corrected chi connectivity index (χ4v) is 1.40. The van der Waals surface area contributed by atoms with Crippen molar-refractivity contribution in [2.24, 2.45) is 11.7 Å². The predicted molar refractivity (Wildman–Crippen MR) is 46.7 cm³/mol. The van der Waals surface area contributed by atoms with Crippen molar-refractivity contribution in [1.29, 1.82) is 0 Å². The molecule has 0 bridgehead atoms. The molecule has 1 aliphatic rings. The van der Waals surface area contributed by atoms with Crippen molar-refractivity contribution in [2.45, 2.75) is 18.9 Å². The summed E-state index contributed by atoms with van der Waals surface area (Å²) in [4.78, 5) is 13.5. The lowest BCUT2D eigenvalue weighted by Gasteiger charge is -2.08. The smallest absolute Gasteiger partial charge is 0.248 e. The van der Waals surface area contributed by atoms with E-state index in [1.54, 1.807) is 12.3 Å². The first-order valence-electron chi connectivity index (χ1n) is 4.21. The quantitative estimate of drug-likeness (QED) is 0.678. The molecule has 0 aromatic carbocycles. The molecule has 12 heavy (non-hydrogen) atoms. The Morgan fingerprint density at radius 1 is 1.58 bits per heavy atom. The van der Waals surface area contributed by atoms with Crippen LogP contribution in [-0.2, 0) is 0 Å². The van der Waals surface area contributed by atoms with Gasteiger partial charge in [-0.3, -0.25) is 4.79 Å². The van der Waals surface area contributed by atoms with Crippen molar-refractivity contribution in [1.82, 2.24) is 4.98 Å². The molecule has 3 N–H and O–H groups in total. The van der Waals surface area contributed by atoms with Gasteiger partial charge < -0.3 is 10.7 Å². The van der Waals surface area contributed by atoms with Gasteiger partial charge in [-0.25, -0.2) is 0 Å². The van der Waals surface area contributed by atoms with E-state index in [0.717, 1.165) is 5.56 Å². The Labute approximate surface area is 70.6 Å². The second-order valence-corrected chi connectivity index (χ2v) is 3.35. The number of hydrogen-bond acceptors (Lipinski definition) is 2. The van der Waals surface area contributed by atoms with Gasteiger partial charge in [0, 0.05) is 18.3 Å². The van der Waals surface area contributed by atoms with Gasteiger partial charge in [0.25, 0.3) is 0 Å². The molecule has 0 spiro atoms. The van der Waals surface area contributed by atoms with Crippen LogP contribution in [0.5, 0.6) is 0 Å². The number of aromatic nitrogens is 1. The molecule has 0 amide bonds. The highest BCUT2D eigenvalue weighted by Gasteiger charge is 2.29. The lowest BCUT2D eigenvalue weighted by molar-refractivity contribution is 0.632. The van der Waals surface area contributed by atoms with Crippen molar-refractivity contribution in [3.8, 4) is 0 Å². The molecule has 2 rings (SSSR count). The number of aromatic amines is 1. The first-order valence-corrected chi connectivity index (χ1v) is 4.21. The van der Waals surface area contributed by atoms with E-state index in [0.29, 0.717) is 5.92 Å². The van der Waals surface area contributed by atoms with E-state index in [4.69, 9.17) is 5.73 Å². The summed E-state index contributed by atoms with van der Waals surface area (Å²) in [5.41, 5.74) is 6.81. The third kappa shape index (κ3) is 1.41. The van der Waals surface area contributed by atoms with E-state index in [1.807, 2.05) is 6.07 Å². The normalized spacial score (nSPS) is 19.1. The monoisotopic (exact) mass is 164 g/mol. The largest absolute Gasteiger partial charge is 0.329 e. The lowest BCUT2D eigenvalue weighted by Crippen LogP contribution is -2.15. The highest BCUT2D eigenvalue weighted by Crippen LogP contribution is 2.38. The minimum atomic E-state index is -0.0661. The molecular weight excluding hydrogens is 152 g/mol. The van der Waals surface area contributed by atoms with Crippen LogP contribution in [0.15, 0.2) is 23.1 Å². The molecule has 0 saturated heterocycles. The van der Waals surface area contributed by atoms with Crippen LogP contribution in [0.1, 0.15) is 24.4 Å². The molecule has 1 saturated carbocycles. The Balaban J connectivity index is 2.26. The molecule has 3 heteroatoms. The van der Waals surface area contributed by atoms with Crippen molar-refractivity contribution in [2.75, 3.05) is 0 Å². The molecule has 1 fully saturated rings. The zero-order chi connectivity index (χ0) is 8.55. The van der Waals surface area contributed by atoms with Gasteiger partial charge in [-0.1, -0.05) is 0 Å². The van der Waals surface area contributed by atoms with Crippen LogP contribution < -0.4 is 11.3 Å². The van der Waals surface area contributed by atoms with Gasteiger partial charge >= 0.3 is 0 Å². The SMILES string of the molecule is NC(c1cc[nH]c(=O)c1)C1CC1. The maximum Gasteiger partial charge on any atom is 0.248 e. The molecule has 3 nitrogen and oxygen atoms in total. The third-order valence-electron chi connectivity index (χ3n) is 2.31. The molecule has 1 aromatic rings. The number of pyridine rings is 1. The van der Waals surface area contributed by atoms with Crippen LogP contribution in [0.3, 0.4) is 0 Å². The molecule has 1 atom stereocenters. The summed E-state index contributed by atoms with van der Waals surface area (Å²) in [5.74, 6) is 0.604. The highest BCUT2D eigenvalue weighted by atomic mass is 16.1. The summed E-state index contributed by atoms with van der Waals surface area (Å²) >= 11 is 0. The van der Waals surface area contributed by atoms with E-state index >= 15 is 0 Å². The van der Waals surface area contributed by atoms with Gasteiger partial charge in [-0.05, 0) is 30.4 Å². The summed E-state index contributed by atoms with van der Waals surface area (Å²) in [6.45, 7) is 0. The van der Waals surface area contributed by atoms with E-state index in [9.17, 15) is 4.79 Å². The second-order valence-electron chi connectivity index (χ2n) is 3.35. The van der Waals surface area contributed by atoms with E-state index in [2.05, 4.69) is 4.98 Å². The number of H-pyrrole nitrogens is 1. The van der Waals surface area contributed by atoms with Crippen LogP contribution in [-0.4, -0.2) is 4.98 Å². The van der Waals surface area contributed by atoms with Gasteiger partial charge in [0.15, 0.2) is 0 Å². The molecule has 0 radical (unpaired) electrons. The highest BCUT2D eigenvalue weighted by molar-refractivity contribution is 5.17. The zero-order valence-corrected chi connectivity index (χ0v) is 6.79. The summed E-state index contributed by atoms with van der Waals surface area (Å²) in [6, 6.07) is 3.53. The number of rotatable bonds is 2. The maximum absolute atomic E-state index is 10.9. The number of nitrogens with two attached hydrogens (primary N) is 1. The van der Waals surface area contributed by atoms with E-state index in [-0.39, 0.29) is 11.6 Å². The van der Waals surface area contributed by atoms with Gasteiger partial charge in [0.2, 0.25) is 5.56 Å². The molecule has 1 unspecified atom stereocenters. The minimum absolute atomic E-state index is 0.0623. The third-order valence-corrected chi connectivity index (χ3v) is 2.31. The van der Waals surface area contributed by atoms with Gasteiger partial charge in [-0.15, -0.1) is 0 Å². The predicted octanol–water partition coefficient (Wildman–Crippen LogP) is 0.785. The van der Waals surface area contributed by atoms with Crippen molar-refractivity contribution in [3.63, 3.8) is 0 Å². The van der Waals surface area contributed by atoms with Crippen LogP contribution in [0, 0.1) is 5.92 Å². The fourth-order valence-electron chi connectivity index (χ4n) is 1.40. The average molecular weight is 164 g/mol. The average Bonchev–Trinajstić information content (AvgIpc) is 2.85. The lowest BCUT2D eigenvalue weighted by atomic mass is 10.1. The Hall–Kier alpha value is -1.09. The molecule has 64 valence electrons. The maximum atomic E-state index is 10.9. The standard InChI is InChI=1S/C9H12N2O/c10-9(6-1-2-6)7-3-4-11-8(12)5-7/h3-6,9H,1-2,10H2,(H,11,12). The fraction of sp³-hybridized carbons (Fsp3) is 0.444. The number of nitrogens with one attached hydrogen (secondary N) is 1. The van der Waals surface area contributed by atoms with Gasteiger partial charge in [0.05, 0.1) is 0 Å². The molecule has 1 heterocycles. The van der Waals surface area contributed by atoms with E-state index in [1.165, 1.54) is 12.8 Å². The Morgan fingerprint density at radius 3 is 2.92 bits per heavy atom. The summed E-state index contributed by atoms with van der Waals surface area (Å²) in [7, 11) is 0. The van der Waals surface area contributed by atoms with E-state index < -0.39 is 0 Å².